The number of carbonyl (C=O) groups is 1. The van der Waals surface area contributed by atoms with Crippen LogP contribution in [-0.4, -0.2) is 30.9 Å². The Morgan fingerprint density at radius 3 is 2.53 bits per heavy atom. The van der Waals surface area contributed by atoms with Crippen LogP contribution in [0.15, 0.2) is 84.0 Å². The van der Waals surface area contributed by atoms with E-state index in [1.165, 1.54) is 23.8 Å². The molecule has 0 spiro atoms. The first-order valence-electron chi connectivity index (χ1n) is 11.5. The minimum atomic E-state index is -0.432. The smallest absolute Gasteiger partial charge is 0.271 e. The van der Waals surface area contributed by atoms with Crippen LogP contribution in [0.2, 0.25) is 5.02 Å². The Morgan fingerprint density at radius 1 is 1.06 bits per heavy atom. The number of carbonyl (C=O) groups excluding carboxylic acids is 1. The molecule has 0 aliphatic heterocycles. The molecule has 2 N–H and O–H groups in total. The lowest BCUT2D eigenvalue weighted by molar-refractivity contribution is 0.0814. The molecule has 4 aromatic rings. The summed E-state index contributed by atoms with van der Waals surface area (Å²) in [6.45, 7) is 2.56. The molecule has 0 heterocycles. The molecule has 1 amide bonds. The number of nitrogens with zero attached hydrogens (tertiary/aromatic N) is 1. The van der Waals surface area contributed by atoms with E-state index in [9.17, 15) is 9.90 Å². The van der Waals surface area contributed by atoms with Gasteiger partial charge in [-0.25, -0.2) is 5.43 Å². The molecule has 0 saturated carbocycles. The molecule has 184 valence electrons. The Kier molecular flexibility index (Phi) is 8.21. The normalized spacial score (nSPS) is 12.1. The third kappa shape index (κ3) is 6.03. The van der Waals surface area contributed by atoms with Gasteiger partial charge >= 0.3 is 0 Å². The molecule has 0 aromatic heterocycles. The molecule has 0 saturated heterocycles. The summed E-state index contributed by atoms with van der Waals surface area (Å²) in [7, 11) is 1.71. The second-order valence-electron chi connectivity index (χ2n) is 8.34. The quantitative estimate of drug-likeness (QED) is 0.204. The number of benzene rings is 4. The molecule has 0 radical (unpaired) electrons. The van der Waals surface area contributed by atoms with Crippen molar-refractivity contribution >= 4 is 34.5 Å². The number of rotatable bonds is 9. The molecule has 36 heavy (non-hydrogen) atoms. The van der Waals surface area contributed by atoms with Gasteiger partial charge in [0.25, 0.3) is 5.91 Å². The van der Waals surface area contributed by atoms with Crippen molar-refractivity contribution in [3.05, 3.63) is 106 Å². The number of aryl methyl sites for hydroxylation is 1. The first kappa shape index (κ1) is 25.2. The van der Waals surface area contributed by atoms with E-state index in [2.05, 4.69) is 41.7 Å². The van der Waals surface area contributed by atoms with E-state index in [4.69, 9.17) is 21.1 Å². The topological polar surface area (TPSA) is 80.2 Å². The third-order valence-electron chi connectivity index (χ3n) is 5.87. The second-order valence-corrected chi connectivity index (χ2v) is 8.74. The zero-order chi connectivity index (χ0) is 25.5. The van der Waals surface area contributed by atoms with Gasteiger partial charge in [-0.15, -0.1) is 0 Å². The van der Waals surface area contributed by atoms with Gasteiger partial charge in [0.05, 0.1) is 23.9 Å². The highest BCUT2D eigenvalue weighted by atomic mass is 35.5. The van der Waals surface area contributed by atoms with Crippen LogP contribution in [0, 0.1) is 6.92 Å². The summed E-state index contributed by atoms with van der Waals surface area (Å²) in [6.07, 6.45) is 2.25. The summed E-state index contributed by atoms with van der Waals surface area (Å²) in [5.74, 6) is 0.251. The molecule has 0 aliphatic rings. The zero-order valence-corrected chi connectivity index (χ0v) is 20.8. The fraction of sp³-hybridized carbons (Fsp3) is 0.172. The molecule has 4 aromatic carbocycles. The number of phenols is 1. The lowest BCUT2D eigenvalue weighted by atomic mass is 10.0. The van der Waals surface area contributed by atoms with E-state index >= 15 is 0 Å². The number of methoxy groups -OCH3 is 1. The number of ether oxygens (including phenoxy) is 2. The van der Waals surface area contributed by atoms with E-state index in [1.807, 2.05) is 36.4 Å². The Morgan fingerprint density at radius 2 is 1.81 bits per heavy atom. The predicted octanol–water partition coefficient (Wildman–Crippen LogP) is 6.43. The molecule has 4 rings (SSSR count). The average Bonchev–Trinajstić information content (AvgIpc) is 2.89. The maximum atomic E-state index is 12.3. The van der Waals surface area contributed by atoms with Gasteiger partial charge in [-0.1, -0.05) is 65.7 Å². The van der Waals surface area contributed by atoms with Crippen molar-refractivity contribution in [2.75, 3.05) is 13.7 Å². The first-order valence-corrected chi connectivity index (χ1v) is 11.9. The molecule has 6 nitrogen and oxygen atoms in total. The van der Waals surface area contributed by atoms with Gasteiger partial charge in [0.15, 0.2) is 0 Å². The van der Waals surface area contributed by atoms with Crippen molar-refractivity contribution in [1.82, 2.24) is 5.43 Å². The first-order chi connectivity index (χ1) is 17.5. The predicted molar refractivity (Wildman–Crippen MR) is 143 cm³/mol. The number of hydrogen-bond donors (Lipinski definition) is 2. The Bertz CT molecular complexity index is 1390. The molecule has 7 heteroatoms. The van der Waals surface area contributed by atoms with Crippen molar-refractivity contribution in [2.45, 2.75) is 19.4 Å². The number of phenolic OH excluding ortho intramolecular Hbond substituents is 1. The van der Waals surface area contributed by atoms with Crippen LogP contribution in [0.25, 0.3) is 10.8 Å². The van der Waals surface area contributed by atoms with Gasteiger partial charge in [-0.3, -0.25) is 4.79 Å². The minimum absolute atomic E-state index is 0.0460. The van der Waals surface area contributed by atoms with Crippen LogP contribution < -0.4 is 10.2 Å². The largest absolute Gasteiger partial charge is 0.506 e. The zero-order valence-electron chi connectivity index (χ0n) is 20.1. The summed E-state index contributed by atoms with van der Waals surface area (Å²) in [6, 6.07) is 24.2. The highest BCUT2D eigenvalue weighted by molar-refractivity contribution is 6.32. The monoisotopic (exact) mass is 502 g/mol. The molecule has 1 unspecified atom stereocenters. The molecular formula is C29H27ClN2O4. The number of nitrogens with one attached hydrogen (secondary N) is 1. The maximum Gasteiger partial charge on any atom is 0.271 e. The van der Waals surface area contributed by atoms with Crippen molar-refractivity contribution < 1.29 is 19.4 Å². The van der Waals surface area contributed by atoms with Crippen LogP contribution in [-0.2, 0) is 4.74 Å². The second kappa shape index (κ2) is 11.7. The van der Waals surface area contributed by atoms with Gasteiger partial charge in [-0.05, 0) is 48.2 Å². The molecular weight excluding hydrogens is 476 g/mol. The van der Waals surface area contributed by atoms with Gasteiger partial charge in [-0.2, -0.15) is 5.10 Å². The van der Waals surface area contributed by atoms with Gasteiger partial charge in [0.1, 0.15) is 11.5 Å². The van der Waals surface area contributed by atoms with E-state index in [1.54, 1.807) is 13.3 Å². The number of hydrazone groups is 1. The van der Waals surface area contributed by atoms with Gasteiger partial charge in [0, 0.05) is 30.0 Å². The van der Waals surface area contributed by atoms with E-state index in [0.29, 0.717) is 18.6 Å². The summed E-state index contributed by atoms with van der Waals surface area (Å²) in [4.78, 5) is 12.3. The van der Waals surface area contributed by atoms with Crippen molar-refractivity contribution in [3.63, 3.8) is 0 Å². The summed E-state index contributed by atoms with van der Waals surface area (Å²) in [5, 5.41) is 15.6. The van der Waals surface area contributed by atoms with Crippen LogP contribution in [0.4, 0.5) is 0 Å². The van der Waals surface area contributed by atoms with Crippen molar-refractivity contribution in [1.29, 1.82) is 0 Å². The molecule has 0 fully saturated rings. The summed E-state index contributed by atoms with van der Waals surface area (Å²) < 4.78 is 11.8. The summed E-state index contributed by atoms with van der Waals surface area (Å²) in [5.41, 5.74) is 5.95. The third-order valence-corrected chi connectivity index (χ3v) is 6.17. The van der Waals surface area contributed by atoms with Gasteiger partial charge in [0.2, 0.25) is 0 Å². The standard InChI is InChI=1S/C29H27ClN2O4/c1-19-7-9-20(10-8-19)27(35-2)15-16-36-28-14-12-22(23-5-3-4-6-24(23)28)18-31-32-29(34)21-11-13-26(33)25(30)17-21/h3-14,17-18,27,33H,15-16H2,1-2H3,(H,32,34)/b31-18+. The van der Waals surface area contributed by atoms with Crippen LogP contribution >= 0.6 is 11.6 Å². The van der Waals surface area contributed by atoms with Gasteiger partial charge < -0.3 is 14.6 Å². The van der Waals surface area contributed by atoms with Crippen molar-refractivity contribution in [2.24, 2.45) is 5.10 Å². The lowest BCUT2D eigenvalue weighted by Crippen LogP contribution is -2.17. The number of amides is 1. The SMILES string of the molecule is COC(CCOc1ccc(/C=N/NC(=O)c2ccc(O)c(Cl)c2)c2ccccc12)c1ccc(C)cc1. The molecule has 0 aliphatic carbocycles. The lowest BCUT2D eigenvalue weighted by Gasteiger charge is -2.17. The molecule has 0 bridgehead atoms. The Labute approximate surface area is 215 Å². The Balaban J connectivity index is 1.44. The van der Waals surface area contributed by atoms with Crippen LogP contribution in [0.1, 0.15) is 39.6 Å². The Hall–Kier alpha value is -3.87. The van der Waals surface area contributed by atoms with E-state index < -0.39 is 5.91 Å². The fourth-order valence-electron chi connectivity index (χ4n) is 3.88. The summed E-state index contributed by atoms with van der Waals surface area (Å²) >= 11 is 5.88. The number of fused-ring (bicyclic) bond motifs is 1. The van der Waals surface area contributed by atoms with Crippen LogP contribution in [0.5, 0.6) is 11.5 Å². The van der Waals surface area contributed by atoms with E-state index in [-0.39, 0.29) is 16.9 Å². The number of hydrogen-bond acceptors (Lipinski definition) is 5. The van der Waals surface area contributed by atoms with E-state index in [0.717, 1.165) is 27.6 Å². The average molecular weight is 503 g/mol. The van der Waals surface area contributed by atoms with Crippen LogP contribution in [0.3, 0.4) is 0 Å². The minimum Gasteiger partial charge on any atom is -0.506 e. The number of aromatic hydroxyl groups is 1. The maximum absolute atomic E-state index is 12.3. The molecule has 1 atom stereocenters. The highest BCUT2D eigenvalue weighted by Crippen LogP contribution is 2.29. The number of halogens is 1. The van der Waals surface area contributed by atoms with Crippen molar-refractivity contribution in [3.8, 4) is 11.5 Å². The fourth-order valence-corrected chi connectivity index (χ4v) is 4.06. The highest BCUT2D eigenvalue weighted by Gasteiger charge is 2.12.